The first-order valence-electron chi connectivity index (χ1n) is 7.52. The molecule has 1 aromatic rings. The van der Waals surface area contributed by atoms with E-state index in [0.717, 1.165) is 5.57 Å². The number of benzene rings is 1. The third-order valence-electron chi connectivity index (χ3n) is 4.03. The molecule has 2 N–H and O–H groups in total. The molecular formula is C17H17F2N3O2S. The zero-order valence-corrected chi connectivity index (χ0v) is 14.2. The summed E-state index contributed by atoms with van der Waals surface area (Å²) in [6.45, 7) is 0. The van der Waals surface area contributed by atoms with Gasteiger partial charge in [0.1, 0.15) is 5.70 Å². The second-order valence-electron chi connectivity index (χ2n) is 5.65. The highest BCUT2D eigenvalue weighted by molar-refractivity contribution is 7.89. The van der Waals surface area contributed by atoms with Gasteiger partial charge in [-0.25, -0.2) is 22.3 Å². The van der Waals surface area contributed by atoms with Gasteiger partial charge >= 0.3 is 0 Å². The van der Waals surface area contributed by atoms with E-state index in [2.05, 4.69) is 0 Å². The second kappa shape index (κ2) is 6.45. The quantitative estimate of drug-likeness (QED) is 0.894. The molecule has 0 fully saturated rings. The minimum atomic E-state index is -3.81. The summed E-state index contributed by atoms with van der Waals surface area (Å²) >= 11 is 0. The molecule has 1 aliphatic carbocycles. The summed E-state index contributed by atoms with van der Waals surface area (Å²) in [6, 6.07) is 5.80. The summed E-state index contributed by atoms with van der Waals surface area (Å²) in [6.07, 6.45) is 7.01. The molecule has 0 atom stereocenters. The van der Waals surface area contributed by atoms with Gasteiger partial charge in [0.2, 0.25) is 10.0 Å². The number of hydrogen-bond donors (Lipinski definition) is 1. The summed E-state index contributed by atoms with van der Waals surface area (Å²) in [7, 11) is -2.27. The highest BCUT2D eigenvalue weighted by Gasteiger charge is 2.32. The molecule has 0 saturated heterocycles. The van der Waals surface area contributed by atoms with E-state index in [9.17, 15) is 17.2 Å². The van der Waals surface area contributed by atoms with Gasteiger partial charge in [0.05, 0.1) is 16.3 Å². The van der Waals surface area contributed by atoms with Gasteiger partial charge in [0, 0.05) is 7.05 Å². The van der Waals surface area contributed by atoms with Crippen LogP contribution in [0, 0.1) is 0 Å². The largest absolute Gasteiger partial charge is 0.282 e. The summed E-state index contributed by atoms with van der Waals surface area (Å²) < 4.78 is 49.5. The van der Waals surface area contributed by atoms with Crippen molar-refractivity contribution < 1.29 is 17.2 Å². The first-order chi connectivity index (χ1) is 11.8. The Morgan fingerprint density at radius 1 is 1.16 bits per heavy atom. The number of sulfonamides is 1. The van der Waals surface area contributed by atoms with E-state index in [1.54, 1.807) is 24.2 Å². The van der Waals surface area contributed by atoms with Crippen molar-refractivity contribution in [3.8, 4) is 0 Å². The van der Waals surface area contributed by atoms with Crippen LogP contribution >= 0.6 is 0 Å². The van der Waals surface area contributed by atoms with Crippen molar-refractivity contribution in [2.24, 2.45) is 5.14 Å². The van der Waals surface area contributed by atoms with Crippen LogP contribution in [-0.4, -0.2) is 26.9 Å². The van der Waals surface area contributed by atoms with Gasteiger partial charge in [-0.2, -0.15) is 0 Å². The van der Waals surface area contributed by atoms with Crippen molar-refractivity contribution in [1.82, 2.24) is 5.01 Å². The normalized spacial score (nSPS) is 20.6. The number of hydrogen-bond acceptors (Lipinski definition) is 4. The molecule has 1 aliphatic heterocycles. The third kappa shape index (κ3) is 3.35. The topological polar surface area (TPSA) is 66.6 Å². The van der Waals surface area contributed by atoms with Crippen molar-refractivity contribution >= 4 is 15.7 Å². The molecule has 8 heteroatoms. The zero-order valence-electron chi connectivity index (χ0n) is 13.4. The van der Waals surface area contributed by atoms with Crippen molar-refractivity contribution in [1.29, 1.82) is 0 Å². The minimum Gasteiger partial charge on any atom is -0.282 e. The fraction of sp³-hybridized carbons (Fsp3) is 0.176. The fourth-order valence-electron chi connectivity index (χ4n) is 2.80. The molecule has 0 aromatic heterocycles. The molecule has 0 spiro atoms. The number of primary sulfonamides is 1. The number of rotatable bonds is 3. The van der Waals surface area contributed by atoms with Crippen LogP contribution in [0.1, 0.15) is 6.42 Å². The predicted molar refractivity (Wildman–Crippen MR) is 92.1 cm³/mol. The maximum atomic E-state index is 13.4. The highest BCUT2D eigenvalue weighted by atomic mass is 32.2. The summed E-state index contributed by atoms with van der Waals surface area (Å²) in [5, 5.41) is 8.10. The van der Waals surface area contributed by atoms with E-state index in [0.29, 0.717) is 17.8 Å². The molecule has 0 radical (unpaired) electrons. The molecule has 3 rings (SSSR count). The van der Waals surface area contributed by atoms with Crippen LogP contribution in [0.5, 0.6) is 0 Å². The first-order valence-corrected chi connectivity index (χ1v) is 9.06. The monoisotopic (exact) mass is 365 g/mol. The zero-order chi connectivity index (χ0) is 18.2. The number of nitrogens with zero attached hydrogens (tertiary/aromatic N) is 2. The molecule has 5 nitrogen and oxygen atoms in total. The summed E-state index contributed by atoms with van der Waals surface area (Å²) in [5.74, 6) is 0. The van der Waals surface area contributed by atoms with E-state index in [4.69, 9.17) is 5.14 Å². The maximum Gasteiger partial charge on any atom is 0.280 e. The van der Waals surface area contributed by atoms with Gasteiger partial charge in [-0.15, -0.1) is 0 Å². The van der Waals surface area contributed by atoms with Crippen molar-refractivity contribution in [2.45, 2.75) is 17.7 Å². The van der Waals surface area contributed by atoms with Crippen LogP contribution in [0.25, 0.3) is 0 Å². The van der Waals surface area contributed by atoms with Gasteiger partial charge in [-0.05, 0) is 42.3 Å². The lowest BCUT2D eigenvalue weighted by molar-refractivity contribution is 0.153. The lowest BCUT2D eigenvalue weighted by Gasteiger charge is -2.32. The van der Waals surface area contributed by atoms with Gasteiger partial charge < -0.3 is 0 Å². The number of anilines is 1. The van der Waals surface area contributed by atoms with Crippen LogP contribution in [0.4, 0.5) is 14.5 Å². The SMILES string of the molecule is CN1C(C(F)F)=CC(=C2C=CC=CC2)N1c1ccc(S(N)(=O)=O)cc1. The molecule has 0 unspecified atom stereocenters. The Bertz CT molecular complexity index is 900. The van der Waals surface area contributed by atoms with Crippen LogP contribution < -0.4 is 10.1 Å². The Labute approximate surface area is 145 Å². The highest BCUT2D eigenvalue weighted by Crippen LogP contribution is 2.36. The van der Waals surface area contributed by atoms with E-state index < -0.39 is 16.4 Å². The molecule has 0 bridgehead atoms. The average Bonchev–Trinajstić information content (AvgIpc) is 2.92. The molecule has 132 valence electrons. The average molecular weight is 365 g/mol. The van der Waals surface area contributed by atoms with Crippen LogP contribution in [0.2, 0.25) is 0 Å². The number of hydrazine groups is 1. The Morgan fingerprint density at radius 2 is 1.84 bits per heavy atom. The molecular weight excluding hydrogens is 348 g/mol. The molecule has 1 aromatic carbocycles. The number of allylic oxidation sites excluding steroid dienone is 7. The molecule has 1 heterocycles. The standard InChI is InChI=1S/C17H17F2N3O2S/c1-21-16(17(18)19)11-15(12-5-3-2-4-6-12)22(21)13-7-9-14(10-8-13)25(20,23)24/h2-5,7-11,17H,6H2,1H3,(H2,20,23,24). The Morgan fingerprint density at radius 3 is 2.36 bits per heavy atom. The minimum absolute atomic E-state index is 0.0326. The predicted octanol–water partition coefficient (Wildman–Crippen LogP) is 2.92. The number of alkyl halides is 2. The molecule has 0 saturated carbocycles. The van der Waals surface area contributed by atoms with Crippen LogP contribution in [0.15, 0.2) is 76.5 Å². The van der Waals surface area contributed by atoms with Crippen LogP contribution in [0.3, 0.4) is 0 Å². The fourth-order valence-corrected chi connectivity index (χ4v) is 3.31. The summed E-state index contributed by atoms with van der Waals surface area (Å²) in [4.78, 5) is -0.0326. The molecule has 0 amide bonds. The van der Waals surface area contributed by atoms with Crippen molar-refractivity contribution in [3.63, 3.8) is 0 Å². The Hall–Kier alpha value is -2.45. The van der Waals surface area contributed by atoms with Gasteiger partial charge in [-0.3, -0.25) is 10.0 Å². The van der Waals surface area contributed by atoms with Gasteiger partial charge in [0.15, 0.2) is 0 Å². The van der Waals surface area contributed by atoms with Gasteiger partial charge in [0.25, 0.3) is 6.43 Å². The van der Waals surface area contributed by atoms with Gasteiger partial charge in [-0.1, -0.05) is 24.3 Å². The maximum absolute atomic E-state index is 13.4. The van der Waals surface area contributed by atoms with Crippen molar-refractivity contribution in [3.05, 3.63) is 71.6 Å². The lowest BCUT2D eigenvalue weighted by Crippen LogP contribution is -2.35. The Balaban J connectivity index is 2.06. The third-order valence-corrected chi connectivity index (χ3v) is 4.96. The Kier molecular flexibility index (Phi) is 4.49. The number of nitrogens with two attached hydrogens (primary N) is 1. The molecule has 25 heavy (non-hydrogen) atoms. The first kappa shape index (κ1) is 17.4. The van der Waals surface area contributed by atoms with E-state index in [1.807, 2.05) is 24.3 Å². The van der Waals surface area contributed by atoms with Crippen molar-refractivity contribution in [2.75, 3.05) is 12.1 Å². The second-order valence-corrected chi connectivity index (χ2v) is 7.21. The van der Waals surface area contributed by atoms with E-state index >= 15 is 0 Å². The smallest absolute Gasteiger partial charge is 0.280 e. The van der Waals surface area contributed by atoms with Crippen LogP contribution in [-0.2, 0) is 10.0 Å². The lowest BCUT2D eigenvalue weighted by atomic mass is 10.0. The number of halogens is 2. The van der Waals surface area contributed by atoms with E-state index in [1.165, 1.54) is 23.2 Å². The summed E-state index contributed by atoms with van der Waals surface area (Å²) in [5.41, 5.74) is 1.95. The molecule has 2 aliphatic rings. The van der Waals surface area contributed by atoms with E-state index in [-0.39, 0.29) is 10.6 Å².